The topological polar surface area (TPSA) is 67.3 Å². The van der Waals surface area contributed by atoms with E-state index in [1.807, 2.05) is 6.92 Å². The molecule has 1 aromatic rings. The second-order valence-electron chi connectivity index (χ2n) is 4.13. The van der Waals surface area contributed by atoms with Crippen LogP contribution in [0, 0.1) is 5.92 Å². The van der Waals surface area contributed by atoms with Crippen LogP contribution >= 0.6 is 11.6 Å². The van der Waals surface area contributed by atoms with Crippen LogP contribution < -0.4 is 5.32 Å². The first-order valence-corrected chi connectivity index (χ1v) is 6.49. The van der Waals surface area contributed by atoms with Crippen molar-refractivity contribution in [2.75, 3.05) is 25.1 Å². The Morgan fingerprint density at radius 2 is 2.28 bits per heavy atom. The van der Waals surface area contributed by atoms with Crippen LogP contribution in [-0.2, 0) is 11.3 Å². The van der Waals surface area contributed by atoms with Gasteiger partial charge in [-0.2, -0.15) is 0 Å². The molecular formula is C12H20ClN3O2. The summed E-state index contributed by atoms with van der Waals surface area (Å²) in [5, 5.41) is 12.4. The van der Waals surface area contributed by atoms with Crippen molar-refractivity contribution in [1.29, 1.82) is 0 Å². The molecule has 0 amide bonds. The molecule has 5 nitrogen and oxygen atoms in total. The minimum absolute atomic E-state index is 0.197. The molecule has 1 unspecified atom stereocenters. The quantitative estimate of drug-likeness (QED) is 0.710. The van der Waals surface area contributed by atoms with E-state index in [0.29, 0.717) is 35.9 Å². The number of nitrogens with zero attached hydrogens (tertiary/aromatic N) is 2. The zero-order valence-electron chi connectivity index (χ0n) is 10.8. The van der Waals surface area contributed by atoms with Crippen LogP contribution in [0.25, 0.3) is 0 Å². The van der Waals surface area contributed by atoms with E-state index >= 15 is 0 Å². The number of ether oxygens (including phenoxy) is 1. The lowest BCUT2D eigenvalue weighted by Crippen LogP contribution is -2.14. The number of aliphatic hydroxyl groups is 1. The van der Waals surface area contributed by atoms with Crippen molar-refractivity contribution < 1.29 is 9.84 Å². The van der Waals surface area contributed by atoms with Crippen LogP contribution in [0.2, 0.25) is 5.15 Å². The molecule has 0 aliphatic rings. The van der Waals surface area contributed by atoms with E-state index in [-0.39, 0.29) is 6.61 Å². The number of hydrogen-bond donors (Lipinski definition) is 2. The van der Waals surface area contributed by atoms with E-state index in [1.54, 1.807) is 6.07 Å². The number of rotatable bonds is 8. The third-order valence-electron chi connectivity index (χ3n) is 2.43. The predicted octanol–water partition coefficient (Wildman–Crippen LogP) is 2.10. The second-order valence-corrected chi connectivity index (χ2v) is 4.51. The molecule has 0 radical (unpaired) electrons. The Balaban J connectivity index is 2.56. The highest BCUT2D eigenvalue weighted by atomic mass is 35.5. The Hall–Kier alpha value is -0.910. The lowest BCUT2D eigenvalue weighted by molar-refractivity contribution is 0.128. The maximum Gasteiger partial charge on any atom is 0.158 e. The maximum atomic E-state index is 8.83. The fourth-order valence-electron chi connectivity index (χ4n) is 1.41. The zero-order chi connectivity index (χ0) is 13.4. The van der Waals surface area contributed by atoms with Crippen molar-refractivity contribution >= 4 is 17.4 Å². The molecule has 1 atom stereocenters. The van der Waals surface area contributed by atoms with Gasteiger partial charge in [0.1, 0.15) is 17.6 Å². The first kappa shape index (κ1) is 15.1. The number of anilines is 1. The van der Waals surface area contributed by atoms with Gasteiger partial charge in [0, 0.05) is 25.8 Å². The summed E-state index contributed by atoms with van der Waals surface area (Å²) in [6.45, 7) is 5.89. The molecule has 0 aromatic carbocycles. The highest BCUT2D eigenvalue weighted by molar-refractivity contribution is 6.29. The molecule has 6 heteroatoms. The van der Waals surface area contributed by atoms with Crippen LogP contribution in [-0.4, -0.2) is 34.8 Å². The molecule has 1 heterocycles. The molecule has 1 aromatic heterocycles. The molecule has 18 heavy (non-hydrogen) atoms. The van der Waals surface area contributed by atoms with Crippen molar-refractivity contribution in [3.05, 3.63) is 17.0 Å². The van der Waals surface area contributed by atoms with Gasteiger partial charge in [0.2, 0.25) is 0 Å². The van der Waals surface area contributed by atoms with Gasteiger partial charge in [-0.25, -0.2) is 9.97 Å². The van der Waals surface area contributed by atoms with Crippen molar-refractivity contribution in [1.82, 2.24) is 9.97 Å². The maximum absolute atomic E-state index is 8.83. The van der Waals surface area contributed by atoms with Crippen LogP contribution in [0.3, 0.4) is 0 Å². The van der Waals surface area contributed by atoms with Crippen molar-refractivity contribution in [2.24, 2.45) is 5.92 Å². The van der Waals surface area contributed by atoms with E-state index in [0.717, 1.165) is 13.0 Å². The SMILES string of the molecule is CCOCc1nc(Cl)cc(NCC(C)CCO)n1. The Morgan fingerprint density at radius 1 is 1.50 bits per heavy atom. The number of aromatic nitrogens is 2. The van der Waals surface area contributed by atoms with Gasteiger partial charge in [0.15, 0.2) is 5.82 Å². The van der Waals surface area contributed by atoms with E-state index in [2.05, 4.69) is 22.2 Å². The number of halogens is 1. The van der Waals surface area contributed by atoms with Gasteiger partial charge in [-0.15, -0.1) is 0 Å². The highest BCUT2D eigenvalue weighted by Gasteiger charge is 2.05. The van der Waals surface area contributed by atoms with E-state index in [1.165, 1.54) is 0 Å². The summed E-state index contributed by atoms with van der Waals surface area (Å²) >= 11 is 5.92. The molecule has 2 N–H and O–H groups in total. The third-order valence-corrected chi connectivity index (χ3v) is 2.62. The minimum atomic E-state index is 0.197. The average Bonchev–Trinajstić information content (AvgIpc) is 2.34. The average molecular weight is 274 g/mol. The van der Waals surface area contributed by atoms with Gasteiger partial charge in [0.25, 0.3) is 0 Å². The summed E-state index contributed by atoms with van der Waals surface area (Å²) in [6, 6.07) is 1.68. The first-order valence-electron chi connectivity index (χ1n) is 6.11. The number of hydrogen-bond acceptors (Lipinski definition) is 5. The summed E-state index contributed by atoms with van der Waals surface area (Å²) in [5.41, 5.74) is 0. The molecule has 0 bridgehead atoms. The van der Waals surface area contributed by atoms with Gasteiger partial charge in [-0.05, 0) is 19.3 Å². The van der Waals surface area contributed by atoms with Crippen molar-refractivity contribution in [3.8, 4) is 0 Å². The smallest absolute Gasteiger partial charge is 0.158 e. The monoisotopic (exact) mass is 273 g/mol. The predicted molar refractivity (Wildman–Crippen MR) is 71.7 cm³/mol. The molecule has 0 saturated heterocycles. The summed E-state index contributed by atoms with van der Waals surface area (Å²) < 4.78 is 5.25. The molecule has 0 saturated carbocycles. The first-order chi connectivity index (χ1) is 8.65. The van der Waals surface area contributed by atoms with Crippen molar-refractivity contribution in [2.45, 2.75) is 26.9 Å². The van der Waals surface area contributed by atoms with Gasteiger partial charge < -0.3 is 15.2 Å². The van der Waals surface area contributed by atoms with Gasteiger partial charge in [-0.1, -0.05) is 18.5 Å². The van der Waals surface area contributed by atoms with Crippen molar-refractivity contribution in [3.63, 3.8) is 0 Å². The van der Waals surface area contributed by atoms with E-state index in [4.69, 9.17) is 21.4 Å². The molecule has 0 aliphatic heterocycles. The third kappa shape index (κ3) is 5.62. The molecule has 0 aliphatic carbocycles. The summed E-state index contributed by atoms with van der Waals surface area (Å²) in [7, 11) is 0. The lowest BCUT2D eigenvalue weighted by atomic mass is 10.1. The largest absolute Gasteiger partial charge is 0.396 e. The number of nitrogens with one attached hydrogen (secondary N) is 1. The number of aliphatic hydroxyl groups excluding tert-OH is 1. The zero-order valence-corrected chi connectivity index (χ0v) is 11.6. The Morgan fingerprint density at radius 3 is 2.94 bits per heavy atom. The molecule has 102 valence electrons. The van der Waals surface area contributed by atoms with Gasteiger partial charge in [-0.3, -0.25) is 0 Å². The second kappa shape index (κ2) is 8.24. The normalized spacial score (nSPS) is 12.4. The fraction of sp³-hybridized carbons (Fsp3) is 0.667. The van der Waals surface area contributed by atoms with Crippen LogP contribution in [0.5, 0.6) is 0 Å². The van der Waals surface area contributed by atoms with E-state index in [9.17, 15) is 0 Å². The summed E-state index contributed by atoms with van der Waals surface area (Å²) in [5.74, 6) is 1.63. The minimum Gasteiger partial charge on any atom is -0.396 e. The fourth-order valence-corrected chi connectivity index (χ4v) is 1.62. The van der Waals surface area contributed by atoms with Crippen LogP contribution in [0.4, 0.5) is 5.82 Å². The molecule has 0 fully saturated rings. The molecular weight excluding hydrogens is 254 g/mol. The molecule has 0 spiro atoms. The highest BCUT2D eigenvalue weighted by Crippen LogP contribution is 2.13. The van der Waals surface area contributed by atoms with Gasteiger partial charge >= 0.3 is 0 Å². The lowest BCUT2D eigenvalue weighted by Gasteiger charge is -2.12. The Labute approximate surface area is 113 Å². The Kier molecular flexibility index (Phi) is 6.93. The summed E-state index contributed by atoms with van der Waals surface area (Å²) in [4.78, 5) is 8.39. The molecule has 1 rings (SSSR count). The Bertz CT molecular complexity index is 363. The standard InChI is InChI=1S/C12H20ClN3O2/c1-3-18-8-12-15-10(13)6-11(16-12)14-7-9(2)4-5-17/h6,9,17H,3-5,7-8H2,1-2H3,(H,14,15,16). The van der Waals surface area contributed by atoms with Crippen LogP contribution in [0.1, 0.15) is 26.1 Å². The van der Waals surface area contributed by atoms with E-state index < -0.39 is 0 Å². The van der Waals surface area contributed by atoms with Gasteiger partial charge in [0.05, 0.1) is 0 Å². The van der Waals surface area contributed by atoms with Crippen LogP contribution in [0.15, 0.2) is 6.07 Å². The summed E-state index contributed by atoms with van der Waals surface area (Å²) in [6.07, 6.45) is 0.762.